The lowest BCUT2D eigenvalue weighted by Crippen LogP contribution is -2.32. The van der Waals surface area contributed by atoms with Gasteiger partial charge in [0.2, 0.25) is 0 Å². The Morgan fingerprint density at radius 2 is 1.67 bits per heavy atom. The maximum atomic E-state index is 6.23. The van der Waals surface area contributed by atoms with Crippen molar-refractivity contribution >= 4 is 0 Å². The van der Waals surface area contributed by atoms with Crippen molar-refractivity contribution in [2.24, 2.45) is 17.3 Å². The molecule has 0 radical (unpaired) electrons. The number of hydrogen-bond acceptors (Lipinski definition) is 1. The van der Waals surface area contributed by atoms with Gasteiger partial charge in [-0.25, -0.2) is 0 Å². The SMILES string of the molecule is CCC1(CC)CCCC(CCC(C)(C)OCC2CCC2)C1. The largest absolute Gasteiger partial charge is 0.375 e. The molecule has 0 aliphatic heterocycles. The van der Waals surface area contributed by atoms with Crippen molar-refractivity contribution in [3.8, 4) is 0 Å². The first kappa shape index (κ1) is 17.3. The van der Waals surface area contributed by atoms with Crippen LogP contribution in [0.15, 0.2) is 0 Å². The Bertz CT molecular complexity index is 299. The third-order valence-corrected chi connectivity index (χ3v) is 6.63. The van der Waals surface area contributed by atoms with E-state index in [1.54, 1.807) is 0 Å². The van der Waals surface area contributed by atoms with Crippen LogP contribution in [0.25, 0.3) is 0 Å². The van der Waals surface area contributed by atoms with Crippen LogP contribution in [0.1, 0.15) is 98.3 Å². The van der Waals surface area contributed by atoms with Crippen molar-refractivity contribution in [2.45, 2.75) is 104 Å². The van der Waals surface area contributed by atoms with Crippen LogP contribution in [-0.4, -0.2) is 12.2 Å². The zero-order chi connectivity index (χ0) is 15.3. The first-order valence-electron chi connectivity index (χ1n) is 9.62. The maximum Gasteiger partial charge on any atom is 0.0626 e. The predicted molar refractivity (Wildman–Crippen MR) is 91.6 cm³/mol. The van der Waals surface area contributed by atoms with Crippen LogP contribution in [0.5, 0.6) is 0 Å². The average Bonchev–Trinajstić information content (AvgIpc) is 2.44. The zero-order valence-electron chi connectivity index (χ0n) is 15.0. The molecule has 0 spiro atoms. The highest BCUT2D eigenvalue weighted by molar-refractivity contribution is 4.85. The first-order chi connectivity index (χ1) is 9.99. The second-order valence-corrected chi connectivity index (χ2v) is 8.58. The molecule has 0 N–H and O–H groups in total. The van der Waals surface area contributed by atoms with Crippen LogP contribution in [0, 0.1) is 17.3 Å². The van der Waals surface area contributed by atoms with Gasteiger partial charge < -0.3 is 4.74 Å². The van der Waals surface area contributed by atoms with Gasteiger partial charge in [-0.3, -0.25) is 0 Å². The van der Waals surface area contributed by atoms with Crippen molar-refractivity contribution in [1.29, 1.82) is 0 Å². The highest BCUT2D eigenvalue weighted by Gasteiger charge is 2.34. The molecule has 0 amide bonds. The molecule has 2 fully saturated rings. The molecule has 124 valence electrons. The smallest absolute Gasteiger partial charge is 0.0626 e. The summed E-state index contributed by atoms with van der Waals surface area (Å²) in [7, 11) is 0. The van der Waals surface area contributed by atoms with Gasteiger partial charge >= 0.3 is 0 Å². The number of hydrogen-bond donors (Lipinski definition) is 0. The van der Waals surface area contributed by atoms with E-state index in [2.05, 4.69) is 27.7 Å². The van der Waals surface area contributed by atoms with E-state index in [9.17, 15) is 0 Å². The molecule has 0 saturated heterocycles. The molecule has 0 aromatic heterocycles. The lowest BCUT2D eigenvalue weighted by Gasteiger charge is -2.41. The maximum absolute atomic E-state index is 6.23. The lowest BCUT2D eigenvalue weighted by atomic mass is 9.65. The van der Waals surface area contributed by atoms with Crippen LogP contribution in [0.3, 0.4) is 0 Å². The summed E-state index contributed by atoms with van der Waals surface area (Å²) < 4.78 is 6.23. The minimum atomic E-state index is 0.0914. The molecule has 2 saturated carbocycles. The standard InChI is InChI=1S/C20H38O/c1-5-20(6-2)13-8-11-17(15-20)12-14-19(3,4)21-16-18-9-7-10-18/h17-18H,5-16H2,1-4H3. The molecule has 2 aliphatic rings. The normalized spacial score (nSPS) is 26.6. The third kappa shape index (κ3) is 4.98. The minimum absolute atomic E-state index is 0.0914. The fraction of sp³-hybridized carbons (Fsp3) is 1.00. The summed E-state index contributed by atoms with van der Waals surface area (Å²) in [5.41, 5.74) is 0.758. The monoisotopic (exact) mass is 294 g/mol. The molecule has 0 aromatic rings. The first-order valence-corrected chi connectivity index (χ1v) is 9.62. The summed E-state index contributed by atoms with van der Waals surface area (Å²) in [6, 6.07) is 0. The summed E-state index contributed by atoms with van der Waals surface area (Å²) in [5.74, 6) is 1.82. The third-order valence-electron chi connectivity index (χ3n) is 6.63. The van der Waals surface area contributed by atoms with Crippen LogP contribution < -0.4 is 0 Å². The summed E-state index contributed by atoms with van der Waals surface area (Å²) in [6.07, 6.45) is 15.4. The van der Waals surface area contributed by atoms with Crippen LogP contribution in [-0.2, 0) is 4.74 Å². The second kappa shape index (κ2) is 7.49. The molecule has 0 heterocycles. The fourth-order valence-electron chi connectivity index (χ4n) is 4.35. The van der Waals surface area contributed by atoms with E-state index in [0.29, 0.717) is 5.41 Å². The Morgan fingerprint density at radius 3 is 2.24 bits per heavy atom. The van der Waals surface area contributed by atoms with Crippen LogP contribution >= 0.6 is 0 Å². The van der Waals surface area contributed by atoms with Gasteiger partial charge in [-0.05, 0) is 69.6 Å². The van der Waals surface area contributed by atoms with Crippen molar-refractivity contribution < 1.29 is 4.74 Å². The molecule has 1 nitrogen and oxygen atoms in total. The Balaban J connectivity index is 1.72. The van der Waals surface area contributed by atoms with E-state index in [-0.39, 0.29) is 5.60 Å². The van der Waals surface area contributed by atoms with Crippen LogP contribution in [0.4, 0.5) is 0 Å². The van der Waals surface area contributed by atoms with Gasteiger partial charge in [-0.15, -0.1) is 0 Å². The molecular formula is C20H38O. The highest BCUT2D eigenvalue weighted by atomic mass is 16.5. The van der Waals surface area contributed by atoms with Crippen molar-refractivity contribution in [3.63, 3.8) is 0 Å². The van der Waals surface area contributed by atoms with E-state index in [1.807, 2.05) is 0 Å². The van der Waals surface area contributed by atoms with Crippen LogP contribution in [0.2, 0.25) is 0 Å². The summed E-state index contributed by atoms with van der Waals surface area (Å²) in [5, 5.41) is 0. The fourth-order valence-corrected chi connectivity index (χ4v) is 4.35. The van der Waals surface area contributed by atoms with Gasteiger partial charge in [-0.1, -0.05) is 46.0 Å². The van der Waals surface area contributed by atoms with Gasteiger partial charge in [-0.2, -0.15) is 0 Å². The van der Waals surface area contributed by atoms with Gasteiger partial charge in [0.05, 0.1) is 12.2 Å². The van der Waals surface area contributed by atoms with Crippen molar-refractivity contribution in [2.75, 3.05) is 6.61 Å². The minimum Gasteiger partial charge on any atom is -0.375 e. The molecule has 21 heavy (non-hydrogen) atoms. The quantitative estimate of drug-likeness (QED) is 0.506. The average molecular weight is 295 g/mol. The van der Waals surface area contributed by atoms with Crippen molar-refractivity contribution in [3.05, 3.63) is 0 Å². The van der Waals surface area contributed by atoms with Crippen molar-refractivity contribution in [1.82, 2.24) is 0 Å². The zero-order valence-corrected chi connectivity index (χ0v) is 15.0. The molecule has 1 heteroatoms. The Morgan fingerprint density at radius 1 is 1.00 bits per heavy atom. The Kier molecular flexibility index (Phi) is 6.17. The molecule has 2 rings (SSSR count). The highest BCUT2D eigenvalue weighted by Crippen LogP contribution is 2.46. The number of ether oxygens (including phenoxy) is 1. The number of rotatable bonds is 8. The molecule has 0 bridgehead atoms. The predicted octanol–water partition coefficient (Wildman–Crippen LogP) is 6.36. The Labute approximate surface area is 133 Å². The summed E-state index contributed by atoms with van der Waals surface area (Å²) in [4.78, 5) is 0. The van der Waals surface area contributed by atoms with Gasteiger partial charge in [0.15, 0.2) is 0 Å². The second-order valence-electron chi connectivity index (χ2n) is 8.58. The van der Waals surface area contributed by atoms with E-state index in [0.717, 1.165) is 18.4 Å². The molecular weight excluding hydrogens is 256 g/mol. The Hall–Kier alpha value is -0.0400. The summed E-state index contributed by atoms with van der Waals surface area (Å²) >= 11 is 0. The molecule has 1 unspecified atom stereocenters. The van der Waals surface area contributed by atoms with E-state index in [4.69, 9.17) is 4.74 Å². The van der Waals surface area contributed by atoms with Gasteiger partial charge in [0.25, 0.3) is 0 Å². The molecule has 0 aromatic carbocycles. The van der Waals surface area contributed by atoms with Gasteiger partial charge in [0.1, 0.15) is 0 Å². The molecule has 2 aliphatic carbocycles. The molecule has 1 atom stereocenters. The lowest BCUT2D eigenvalue weighted by molar-refractivity contribution is -0.0571. The van der Waals surface area contributed by atoms with E-state index >= 15 is 0 Å². The van der Waals surface area contributed by atoms with Gasteiger partial charge in [0, 0.05) is 0 Å². The topological polar surface area (TPSA) is 9.23 Å². The summed E-state index contributed by atoms with van der Waals surface area (Å²) in [6.45, 7) is 10.4. The van der Waals surface area contributed by atoms with E-state index in [1.165, 1.54) is 70.6 Å². The van der Waals surface area contributed by atoms with E-state index < -0.39 is 0 Å².